The number of rotatable bonds is 4. The van der Waals surface area contributed by atoms with Crippen LogP contribution in [0.2, 0.25) is 0 Å². The van der Waals surface area contributed by atoms with Crippen LogP contribution in [0.1, 0.15) is 24.8 Å². The molecule has 0 saturated carbocycles. The van der Waals surface area contributed by atoms with Gasteiger partial charge in [-0.1, -0.05) is 12.1 Å². The molecule has 0 radical (unpaired) electrons. The van der Waals surface area contributed by atoms with E-state index in [1.807, 2.05) is 0 Å². The average molecular weight is 301 g/mol. The summed E-state index contributed by atoms with van der Waals surface area (Å²) in [7, 11) is 0. The lowest BCUT2D eigenvalue weighted by Gasteiger charge is -2.25. The van der Waals surface area contributed by atoms with Crippen LogP contribution in [-0.2, 0) is 11.2 Å². The maximum atomic E-state index is 12.1. The van der Waals surface area contributed by atoms with Crippen molar-refractivity contribution in [3.8, 4) is 5.75 Å². The molecule has 1 aromatic rings. The highest BCUT2D eigenvalue weighted by atomic mass is 19.4. The smallest absolute Gasteiger partial charge is 0.406 e. The summed E-state index contributed by atoms with van der Waals surface area (Å²) in [6.07, 6.45) is -0.201. The fourth-order valence-corrected chi connectivity index (χ4v) is 3.38. The third-order valence-electron chi connectivity index (χ3n) is 4.33. The zero-order valence-corrected chi connectivity index (χ0v) is 11.5. The molecule has 0 aromatic heterocycles. The minimum absolute atomic E-state index is 0.0188. The van der Waals surface area contributed by atoms with Gasteiger partial charge in [0, 0.05) is 12.0 Å². The molecule has 2 aliphatic heterocycles. The number of halogens is 3. The van der Waals surface area contributed by atoms with Gasteiger partial charge in [-0.3, -0.25) is 0 Å². The summed E-state index contributed by atoms with van der Waals surface area (Å²) in [5, 5.41) is 0. The molecular formula is C15H18F3NO2. The second-order valence-electron chi connectivity index (χ2n) is 5.83. The fourth-order valence-electron chi connectivity index (χ4n) is 3.38. The summed E-state index contributed by atoms with van der Waals surface area (Å²) in [6.45, 7) is 0. The molecule has 0 amide bonds. The first-order chi connectivity index (χ1) is 9.90. The molecule has 0 aliphatic carbocycles. The largest absolute Gasteiger partial charge is 0.573 e. The number of benzene rings is 1. The van der Waals surface area contributed by atoms with E-state index in [9.17, 15) is 13.2 Å². The van der Waals surface area contributed by atoms with Gasteiger partial charge in [-0.05, 0) is 43.4 Å². The second-order valence-corrected chi connectivity index (χ2v) is 5.83. The van der Waals surface area contributed by atoms with Gasteiger partial charge in [-0.25, -0.2) is 0 Å². The summed E-state index contributed by atoms with van der Waals surface area (Å²) in [4.78, 5) is 0. The third-order valence-corrected chi connectivity index (χ3v) is 4.33. The number of alkyl halides is 3. The van der Waals surface area contributed by atoms with E-state index in [2.05, 4.69) is 4.74 Å². The molecule has 0 spiro atoms. The summed E-state index contributed by atoms with van der Waals surface area (Å²) in [5.74, 6) is 0.151. The zero-order chi connectivity index (χ0) is 15.0. The van der Waals surface area contributed by atoms with Crippen LogP contribution in [0.3, 0.4) is 0 Å². The van der Waals surface area contributed by atoms with Crippen LogP contribution < -0.4 is 10.5 Å². The highest BCUT2D eigenvalue weighted by molar-refractivity contribution is 5.28. The van der Waals surface area contributed by atoms with E-state index in [4.69, 9.17) is 10.5 Å². The Kier molecular flexibility index (Phi) is 3.84. The van der Waals surface area contributed by atoms with Crippen molar-refractivity contribution in [2.45, 2.75) is 50.3 Å². The van der Waals surface area contributed by atoms with E-state index < -0.39 is 6.36 Å². The molecule has 4 unspecified atom stereocenters. The van der Waals surface area contributed by atoms with Gasteiger partial charge in [0.1, 0.15) is 5.75 Å². The number of hydrogen-bond acceptors (Lipinski definition) is 3. The monoisotopic (exact) mass is 301 g/mol. The van der Waals surface area contributed by atoms with Crippen molar-refractivity contribution in [3.63, 3.8) is 0 Å². The lowest BCUT2D eigenvalue weighted by atomic mass is 9.82. The van der Waals surface area contributed by atoms with Crippen LogP contribution in [0.5, 0.6) is 5.75 Å². The van der Waals surface area contributed by atoms with Gasteiger partial charge in [0.2, 0.25) is 0 Å². The normalized spacial score (nSPS) is 29.6. The van der Waals surface area contributed by atoms with Crippen LogP contribution in [0, 0.1) is 5.92 Å². The Morgan fingerprint density at radius 1 is 1.24 bits per heavy atom. The van der Waals surface area contributed by atoms with E-state index in [1.54, 1.807) is 12.1 Å². The van der Waals surface area contributed by atoms with Crippen molar-refractivity contribution in [3.05, 3.63) is 29.8 Å². The Morgan fingerprint density at radius 2 is 1.95 bits per heavy atom. The molecule has 3 rings (SSSR count). The molecule has 4 atom stereocenters. The molecule has 2 saturated heterocycles. The van der Waals surface area contributed by atoms with E-state index in [1.165, 1.54) is 12.1 Å². The molecule has 2 N–H and O–H groups in total. The first kappa shape index (κ1) is 14.7. The molecule has 2 bridgehead atoms. The number of ether oxygens (including phenoxy) is 2. The Bertz CT molecular complexity index is 489. The van der Waals surface area contributed by atoms with Gasteiger partial charge in [-0.2, -0.15) is 0 Å². The molecular weight excluding hydrogens is 283 g/mol. The van der Waals surface area contributed by atoms with Crippen molar-refractivity contribution >= 4 is 0 Å². The van der Waals surface area contributed by atoms with Gasteiger partial charge in [0.05, 0.1) is 12.2 Å². The Balaban J connectivity index is 1.57. The van der Waals surface area contributed by atoms with Crippen molar-refractivity contribution in [1.82, 2.24) is 0 Å². The van der Waals surface area contributed by atoms with Crippen molar-refractivity contribution in [1.29, 1.82) is 0 Å². The Morgan fingerprint density at radius 3 is 2.48 bits per heavy atom. The molecule has 2 fully saturated rings. The van der Waals surface area contributed by atoms with Crippen molar-refractivity contribution in [2.24, 2.45) is 11.7 Å². The molecule has 2 aliphatic rings. The predicted molar refractivity (Wildman–Crippen MR) is 70.8 cm³/mol. The van der Waals surface area contributed by atoms with Gasteiger partial charge >= 0.3 is 6.36 Å². The molecule has 116 valence electrons. The maximum Gasteiger partial charge on any atom is 0.573 e. The van der Waals surface area contributed by atoms with Crippen LogP contribution in [0.25, 0.3) is 0 Å². The second kappa shape index (κ2) is 5.50. The average Bonchev–Trinajstić information content (AvgIpc) is 3.01. The summed E-state index contributed by atoms with van der Waals surface area (Å²) < 4.78 is 45.9. The quantitative estimate of drug-likeness (QED) is 0.929. The standard InChI is InChI=1S/C15H18F3NO2/c16-15(17,18)21-10-3-1-9(2-4-10)7-13(19)12-8-11-5-6-14(12)20-11/h1-4,11-14H,5-8,19H2. The lowest BCUT2D eigenvalue weighted by Crippen LogP contribution is -2.37. The van der Waals surface area contributed by atoms with Crippen molar-refractivity contribution < 1.29 is 22.6 Å². The van der Waals surface area contributed by atoms with E-state index in [-0.39, 0.29) is 17.9 Å². The molecule has 2 heterocycles. The van der Waals surface area contributed by atoms with Gasteiger partial charge in [-0.15, -0.1) is 13.2 Å². The number of nitrogens with two attached hydrogens (primary N) is 1. The number of fused-ring (bicyclic) bond motifs is 2. The predicted octanol–water partition coefficient (Wildman–Crippen LogP) is 3.02. The number of hydrogen-bond donors (Lipinski definition) is 1. The first-order valence-corrected chi connectivity index (χ1v) is 7.16. The van der Waals surface area contributed by atoms with E-state index in [0.29, 0.717) is 18.4 Å². The zero-order valence-electron chi connectivity index (χ0n) is 11.5. The molecule has 21 heavy (non-hydrogen) atoms. The highest BCUT2D eigenvalue weighted by Gasteiger charge is 2.43. The fraction of sp³-hybridized carbons (Fsp3) is 0.600. The van der Waals surface area contributed by atoms with E-state index in [0.717, 1.165) is 24.8 Å². The van der Waals surface area contributed by atoms with Crippen LogP contribution in [0.4, 0.5) is 13.2 Å². The SMILES string of the molecule is NC(Cc1ccc(OC(F)(F)F)cc1)C1CC2CCC1O2. The summed E-state index contributed by atoms with van der Waals surface area (Å²) in [6, 6.07) is 5.90. The minimum atomic E-state index is -4.65. The van der Waals surface area contributed by atoms with Gasteiger partial charge < -0.3 is 15.2 Å². The van der Waals surface area contributed by atoms with Crippen LogP contribution >= 0.6 is 0 Å². The van der Waals surface area contributed by atoms with Crippen LogP contribution in [0.15, 0.2) is 24.3 Å². The van der Waals surface area contributed by atoms with Crippen molar-refractivity contribution in [2.75, 3.05) is 0 Å². The third kappa shape index (κ3) is 3.49. The Hall–Kier alpha value is -1.27. The molecule has 6 heteroatoms. The Labute approximate surface area is 121 Å². The highest BCUT2D eigenvalue weighted by Crippen LogP contribution is 2.40. The summed E-state index contributed by atoms with van der Waals surface area (Å²) in [5.41, 5.74) is 7.16. The topological polar surface area (TPSA) is 44.5 Å². The first-order valence-electron chi connectivity index (χ1n) is 7.16. The summed E-state index contributed by atoms with van der Waals surface area (Å²) >= 11 is 0. The molecule has 3 nitrogen and oxygen atoms in total. The van der Waals surface area contributed by atoms with E-state index >= 15 is 0 Å². The van der Waals surface area contributed by atoms with Gasteiger partial charge in [0.15, 0.2) is 0 Å². The van der Waals surface area contributed by atoms with Crippen LogP contribution in [-0.4, -0.2) is 24.6 Å². The van der Waals surface area contributed by atoms with Gasteiger partial charge in [0.25, 0.3) is 0 Å². The molecule has 1 aromatic carbocycles. The lowest BCUT2D eigenvalue weighted by molar-refractivity contribution is -0.274. The minimum Gasteiger partial charge on any atom is -0.406 e. The maximum absolute atomic E-state index is 12.1.